The predicted molar refractivity (Wildman–Crippen MR) is 61.5 cm³/mol. The summed E-state index contributed by atoms with van der Waals surface area (Å²) in [5.74, 6) is 2.74. The van der Waals surface area contributed by atoms with E-state index in [9.17, 15) is 4.79 Å². The summed E-state index contributed by atoms with van der Waals surface area (Å²) < 4.78 is 0. The molecule has 86 valence electrons. The molecule has 0 aromatic rings. The molecule has 2 heteroatoms. The molecule has 2 fully saturated rings. The van der Waals surface area contributed by atoms with Gasteiger partial charge in [0.2, 0.25) is 5.91 Å². The summed E-state index contributed by atoms with van der Waals surface area (Å²) in [6, 6.07) is 0. The molecule has 0 aliphatic heterocycles. The zero-order valence-corrected chi connectivity index (χ0v) is 10.2. The Morgan fingerprint density at radius 1 is 1.27 bits per heavy atom. The molecule has 0 radical (unpaired) electrons. The summed E-state index contributed by atoms with van der Waals surface area (Å²) in [7, 11) is 0. The van der Waals surface area contributed by atoms with E-state index in [1.165, 1.54) is 25.7 Å². The Hall–Kier alpha value is -0.530. The molecule has 3 atom stereocenters. The molecular weight excluding hydrogens is 186 g/mol. The highest BCUT2D eigenvalue weighted by Crippen LogP contribution is 2.49. The molecule has 0 heterocycles. The molecule has 2 saturated carbocycles. The van der Waals surface area contributed by atoms with Crippen molar-refractivity contribution in [3.63, 3.8) is 0 Å². The predicted octanol–water partition coefficient (Wildman–Crippen LogP) is 2.73. The minimum absolute atomic E-state index is 0.0747. The van der Waals surface area contributed by atoms with Crippen molar-refractivity contribution in [1.82, 2.24) is 5.32 Å². The highest BCUT2D eigenvalue weighted by atomic mass is 16.1. The number of carbonyl (C=O) groups is 1. The van der Waals surface area contributed by atoms with Gasteiger partial charge in [-0.1, -0.05) is 6.42 Å². The van der Waals surface area contributed by atoms with Crippen molar-refractivity contribution in [2.45, 2.75) is 58.4 Å². The van der Waals surface area contributed by atoms with Gasteiger partial charge in [-0.15, -0.1) is 0 Å². The first-order valence-electron chi connectivity index (χ1n) is 6.25. The van der Waals surface area contributed by atoms with Crippen LogP contribution in [-0.2, 0) is 4.79 Å². The smallest absolute Gasteiger partial charge is 0.220 e. The van der Waals surface area contributed by atoms with E-state index in [0.29, 0.717) is 5.92 Å². The van der Waals surface area contributed by atoms with Gasteiger partial charge in [0, 0.05) is 12.0 Å². The first-order chi connectivity index (χ1) is 6.94. The molecule has 0 saturated heterocycles. The van der Waals surface area contributed by atoms with Crippen LogP contribution in [0.5, 0.6) is 0 Å². The van der Waals surface area contributed by atoms with E-state index in [0.717, 1.165) is 18.3 Å². The van der Waals surface area contributed by atoms with E-state index in [4.69, 9.17) is 0 Å². The van der Waals surface area contributed by atoms with Crippen molar-refractivity contribution < 1.29 is 4.79 Å². The Labute approximate surface area is 92.8 Å². The summed E-state index contributed by atoms with van der Waals surface area (Å²) in [5, 5.41) is 3.07. The third-order valence-corrected chi connectivity index (χ3v) is 3.85. The molecule has 2 rings (SSSR count). The lowest BCUT2D eigenvalue weighted by Gasteiger charge is -2.25. The lowest BCUT2D eigenvalue weighted by molar-refractivity contribution is -0.123. The number of carbonyl (C=O) groups excluding carboxylic acids is 1. The molecule has 1 amide bonds. The average molecular weight is 209 g/mol. The number of rotatable bonds is 2. The molecule has 0 aromatic heterocycles. The van der Waals surface area contributed by atoms with Crippen LogP contribution in [0.4, 0.5) is 0 Å². The molecule has 1 N–H and O–H groups in total. The largest absolute Gasteiger partial charge is 0.352 e. The Kier molecular flexibility index (Phi) is 2.78. The van der Waals surface area contributed by atoms with Crippen molar-refractivity contribution in [2.24, 2.45) is 17.8 Å². The van der Waals surface area contributed by atoms with Crippen LogP contribution in [0.25, 0.3) is 0 Å². The van der Waals surface area contributed by atoms with E-state index in [-0.39, 0.29) is 11.4 Å². The summed E-state index contributed by atoms with van der Waals surface area (Å²) >= 11 is 0. The maximum atomic E-state index is 11.8. The summed E-state index contributed by atoms with van der Waals surface area (Å²) in [6.07, 6.45) is 6.26. The van der Waals surface area contributed by atoms with Gasteiger partial charge in [-0.2, -0.15) is 0 Å². The van der Waals surface area contributed by atoms with E-state index in [1.54, 1.807) is 0 Å². The van der Waals surface area contributed by atoms with E-state index >= 15 is 0 Å². The van der Waals surface area contributed by atoms with Crippen LogP contribution < -0.4 is 5.32 Å². The van der Waals surface area contributed by atoms with Gasteiger partial charge in [0.05, 0.1) is 0 Å². The highest BCUT2D eigenvalue weighted by Gasteiger charge is 2.40. The summed E-state index contributed by atoms with van der Waals surface area (Å²) in [4.78, 5) is 11.8. The van der Waals surface area contributed by atoms with Gasteiger partial charge in [0.25, 0.3) is 0 Å². The summed E-state index contributed by atoms with van der Waals surface area (Å²) in [5.41, 5.74) is -0.0747. The third kappa shape index (κ3) is 2.73. The molecule has 2 nitrogen and oxygen atoms in total. The van der Waals surface area contributed by atoms with Crippen LogP contribution in [-0.4, -0.2) is 11.4 Å². The fourth-order valence-electron chi connectivity index (χ4n) is 3.33. The monoisotopic (exact) mass is 209 g/mol. The van der Waals surface area contributed by atoms with Gasteiger partial charge in [0.1, 0.15) is 0 Å². The second kappa shape index (κ2) is 3.80. The topological polar surface area (TPSA) is 29.1 Å². The Morgan fingerprint density at radius 3 is 2.47 bits per heavy atom. The van der Waals surface area contributed by atoms with Gasteiger partial charge < -0.3 is 5.32 Å². The minimum atomic E-state index is -0.0747. The van der Waals surface area contributed by atoms with Crippen molar-refractivity contribution in [1.29, 1.82) is 0 Å². The molecule has 2 bridgehead atoms. The quantitative estimate of drug-likeness (QED) is 0.744. The van der Waals surface area contributed by atoms with E-state index in [2.05, 4.69) is 5.32 Å². The van der Waals surface area contributed by atoms with E-state index in [1.807, 2.05) is 20.8 Å². The number of nitrogens with one attached hydrogen (secondary N) is 1. The third-order valence-electron chi connectivity index (χ3n) is 3.85. The van der Waals surface area contributed by atoms with Crippen molar-refractivity contribution in [3.05, 3.63) is 0 Å². The maximum Gasteiger partial charge on any atom is 0.220 e. The van der Waals surface area contributed by atoms with Gasteiger partial charge in [-0.25, -0.2) is 0 Å². The maximum absolute atomic E-state index is 11.8. The SMILES string of the molecule is CC(C)(C)NC(=O)CC1CC2CCC1C2. The standard InChI is InChI=1S/C13H23NO/c1-13(2,3)14-12(15)8-11-7-9-4-5-10(11)6-9/h9-11H,4-8H2,1-3H3,(H,14,15). The molecule has 0 aromatic carbocycles. The van der Waals surface area contributed by atoms with Crippen molar-refractivity contribution in [3.8, 4) is 0 Å². The normalized spacial score (nSPS) is 34.5. The average Bonchev–Trinajstić information content (AvgIpc) is 2.60. The molecule has 2 aliphatic rings. The first kappa shape index (κ1) is 11.0. The zero-order valence-electron chi connectivity index (χ0n) is 10.2. The van der Waals surface area contributed by atoms with Crippen LogP contribution in [0, 0.1) is 17.8 Å². The second-order valence-electron chi connectivity index (χ2n) is 6.44. The Morgan fingerprint density at radius 2 is 2.00 bits per heavy atom. The number of amides is 1. The van der Waals surface area contributed by atoms with Crippen LogP contribution in [0.15, 0.2) is 0 Å². The van der Waals surface area contributed by atoms with Crippen molar-refractivity contribution in [2.75, 3.05) is 0 Å². The number of hydrogen-bond acceptors (Lipinski definition) is 1. The van der Waals surface area contributed by atoms with E-state index < -0.39 is 0 Å². The Balaban J connectivity index is 1.80. The van der Waals surface area contributed by atoms with Crippen LogP contribution >= 0.6 is 0 Å². The van der Waals surface area contributed by atoms with Gasteiger partial charge in [-0.3, -0.25) is 4.79 Å². The Bertz CT molecular complexity index is 254. The van der Waals surface area contributed by atoms with Crippen LogP contribution in [0.3, 0.4) is 0 Å². The molecule has 15 heavy (non-hydrogen) atoms. The zero-order chi connectivity index (χ0) is 11.1. The fourth-order valence-corrected chi connectivity index (χ4v) is 3.33. The second-order valence-corrected chi connectivity index (χ2v) is 6.44. The van der Waals surface area contributed by atoms with Crippen LogP contribution in [0.1, 0.15) is 52.9 Å². The summed E-state index contributed by atoms with van der Waals surface area (Å²) in [6.45, 7) is 6.14. The first-order valence-corrected chi connectivity index (χ1v) is 6.25. The highest BCUT2D eigenvalue weighted by molar-refractivity contribution is 5.77. The van der Waals surface area contributed by atoms with Gasteiger partial charge in [0.15, 0.2) is 0 Å². The van der Waals surface area contributed by atoms with Crippen LogP contribution in [0.2, 0.25) is 0 Å². The number of fused-ring (bicyclic) bond motifs is 2. The lowest BCUT2D eigenvalue weighted by atomic mass is 9.86. The molecule has 3 unspecified atom stereocenters. The fraction of sp³-hybridized carbons (Fsp3) is 0.923. The molecular formula is C13H23NO. The minimum Gasteiger partial charge on any atom is -0.352 e. The molecule has 0 spiro atoms. The number of hydrogen-bond donors (Lipinski definition) is 1. The molecule has 2 aliphatic carbocycles. The van der Waals surface area contributed by atoms with Gasteiger partial charge in [-0.05, 0) is 57.8 Å². The van der Waals surface area contributed by atoms with Crippen molar-refractivity contribution >= 4 is 5.91 Å². The lowest BCUT2D eigenvalue weighted by Crippen LogP contribution is -2.41. The van der Waals surface area contributed by atoms with Gasteiger partial charge >= 0.3 is 0 Å².